The summed E-state index contributed by atoms with van der Waals surface area (Å²) in [7, 11) is 0. The first-order valence-electron chi connectivity index (χ1n) is 10.8. The molecule has 2 aliphatic heterocycles. The van der Waals surface area contributed by atoms with Crippen molar-refractivity contribution < 1.29 is 14.4 Å². The number of fused-ring (bicyclic) bond motifs is 3. The second-order valence-corrected chi connectivity index (χ2v) is 9.66. The summed E-state index contributed by atoms with van der Waals surface area (Å²) in [5.74, 6) is 2.77. The van der Waals surface area contributed by atoms with Crippen LogP contribution in [0.25, 0.3) is 10.2 Å². The van der Waals surface area contributed by atoms with Crippen molar-refractivity contribution >= 4 is 27.4 Å². The summed E-state index contributed by atoms with van der Waals surface area (Å²) in [5, 5.41) is 4.93. The first-order chi connectivity index (χ1) is 13.8. The van der Waals surface area contributed by atoms with Gasteiger partial charge in [0.1, 0.15) is 30.3 Å². The van der Waals surface area contributed by atoms with Gasteiger partial charge in [0, 0.05) is 18.0 Å². The van der Waals surface area contributed by atoms with E-state index in [0.717, 1.165) is 76.4 Å². The highest BCUT2D eigenvalue weighted by Gasteiger charge is 2.26. The highest BCUT2D eigenvalue weighted by Crippen LogP contribution is 2.40. The van der Waals surface area contributed by atoms with Crippen molar-refractivity contribution in [1.29, 1.82) is 0 Å². The number of nitrogens with one attached hydrogen (secondary N) is 2. The Morgan fingerprint density at radius 3 is 2.89 bits per heavy atom. The lowest BCUT2D eigenvalue weighted by atomic mass is 9.89. The molecular weight excluding hydrogens is 372 g/mol. The van der Waals surface area contributed by atoms with Crippen molar-refractivity contribution in [3.8, 4) is 0 Å². The molecule has 0 amide bonds. The molecule has 2 fully saturated rings. The van der Waals surface area contributed by atoms with Crippen LogP contribution in [0, 0.1) is 5.92 Å². The molecule has 2 N–H and O–H groups in total. The minimum Gasteiger partial charge on any atom is -0.376 e. The first-order valence-corrected chi connectivity index (χ1v) is 11.7. The second-order valence-electron chi connectivity index (χ2n) is 8.58. The average Bonchev–Trinajstić information content (AvgIpc) is 3.34. The van der Waals surface area contributed by atoms with Gasteiger partial charge in [-0.2, -0.15) is 0 Å². The average molecular weight is 404 g/mol. The highest BCUT2D eigenvalue weighted by molar-refractivity contribution is 7.19. The van der Waals surface area contributed by atoms with Crippen LogP contribution in [0.3, 0.4) is 0 Å². The van der Waals surface area contributed by atoms with Gasteiger partial charge in [0.15, 0.2) is 5.82 Å². The predicted molar refractivity (Wildman–Crippen MR) is 111 cm³/mol. The summed E-state index contributed by atoms with van der Waals surface area (Å²) in [6.07, 6.45) is 6.24. The molecule has 2 atom stereocenters. The molecular formula is C21H31N4O2S+. The zero-order valence-corrected chi connectivity index (χ0v) is 17.6. The Morgan fingerprint density at radius 2 is 2.07 bits per heavy atom. The molecule has 152 valence electrons. The van der Waals surface area contributed by atoms with Crippen LogP contribution < -0.4 is 10.2 Å². The summed E-state index contributed by atoms with van der Waals surface area (Å²) in [4.78, 5) is 14.3. The Morgan fingerprint density at radius 1 is 1.18 bits per heavy atom. The van der Waals surface area contributed by atoms with Crippen LogP contribution in [0.5, 0.6) is 0 Å². The number of nitrogens with zero attached hydrogens (tertiary/aromatic N) is 2. The maximum absolute atomic E-state index is 5.83. The van der Waals surface area contributed by atoms with E-state index in [9.17, 15) is 0 Å². The third-order valence-corrected chi connectivity index (χ3v) is 7.48. The number of aryl methyl sites for hydroxylation is 1. The maximum Gasteiger partial charge on any atom is 0.187 e. The van der Waals surface area contributed by atoms with Crippen molar-refractivity contribution in [3.63, 3.8) is 0 Å². The monoisotopic (exact) mass is 403 g/mol. The normalized spacial score (nSPS) is 25.9. The number of hydrogen-bond donors (Lipinski definition) is 2. The summed E-state index contributed by atoms with van der Waals surface area (Å²) >= 11 is 1.90. The van der Waals surface area contributed by atoms with Gasteiger partial charge in [-0.25, -0.2) is 9.97 Å². The lowest BCUT2D eigenvalue weighted by Crippen LogP contribution is -3.12. The summed E-state index contributed by atoms with van der Waals surface area (Å²) in [5.41, 5.74) is 1.50. The number of hydrogen-bond acceptors (Lipinski definition) is 6. The lowest BCUT2D eigenvalue weighted by Gasteiger charge is -2.23. The molecule has 0 bridgehead atoms. The Bertz CT molecular complexity index is 827. The topological polar surface area (TPSA) is 60.7 Å². The standard InChI is InChI=1S/C21H30N4O2S/c1-14-4-5-16-17(11-14)28-21-19(16)20(22-12-15-3-2-8-27-15)23-18(24-21)13-25-6-9-26-10-7-25/h14-15H,2-13H2,1H3,(H,22,23,24)/p+1/t14-,15+/m0/s1. The molecule has 2 aromatic heterocycles. The summed E-state index contributed by atoms with van der Waals surface area (Å²) < 4.78 is 11.3. The van der Waals surface area contributed by atoms with Crippen molar-refractivity contribution in [3.05, 3.63) is 16.3 Å². The van der Waals surface area contributed by atoms with Crippen molar-refractivity contribution in [2.24, 2.45) is 5.92 Å². The molecule has 4 heterocycles. The fraction of sp³-hybridized carbons (Fsp3) is 0.714. The van der Waals surface area contributed by atoms with Crippen LogP contribution in [-0.4, -0.2) is 55.5 Å². The van der Waals surface area contributed by atoms with E-state index in [1.807, 2.05) is 11.3 Å². The fourth-order valence-electron chi connectivity index (χ4n) is 4.67. The van der Waals surface area contributed by atoms with Gasteiger partial charge in [0.05, 0.1) is 24.7 Å². The summed E-state index contributed by atoms with van der Waals surface area (Å²) in [6, 6.07) is 0. The number of anilines is 1. The molecule has 2 saturated heterocycles. The van der Waals surface area contributed by atoms with Gasteiger partial charge in [0.2, 0.25) is 0 Å². The van der Waals surface area contributed by atoms with Crippen molar-refractivity contribution in [1.82, 2.24) is 9.97 Å². The molecule has 0 aromatic carbocycles. The van der Waals surface area contributed by atoms with Crippen LogP contribution >= 0.6 is 11.3 Å². The molecule has 0 unspecified atom stereocenters. The molecule has 7 heteroatoms. The van der Waals surface area contributed by atoms with Crippen LogP contribution in [0.4, 0.5) is 5.82 Å². The number of quaternary nitrogens is 1. The smallest absolute Gasteiger partial charge is 0.187 e. The number of aromatic nitrogens is 2. The van der Waals surface area contributed by atoms with Gasteiger partial charge in [-0.15, -0.1) is 11.3 Å². The van der Waals surface area contributed by atoms with Gasteiger partial charge in [0.25, 0.3) is 0 Å². The third-order valence-electron chi connectivity index (χ3n) is 6.33. The molecule has 0 spiro atoms. The zero-order chi connectivity index (χ0) is 18.9. The van der Waals surface area contributed by atoms with E-state index in [0.29, 0.717) is 6.10 Å². The predicted octanol–water partition coefficient (Wildman–Crippen LogP) is 1.82. The van der Waals surface area contributed by atoms with Crippen LogP contribution in [0.2, 0.25) is 0 Å². The number of morpholine rings is 1. The second kappa shape index (κ2) is 8.22. The molecule has 0 saturated carbocycles. The number of thiophene rings is 1. The van der Waals surface area contributed by atoms with Gasteiger partial charge in [-0.05, 0) is 43.6 Å². The molecule has 1 aliphatic carbocycles. The van der Waals surface area contributed by atoms with E-state index < -0.39 is 0 Å². The van der Waals surface area contributed by atoms with Crippen LogP contribution in [-0.2, 0) is 28.9 Å². The number of ether oxygens (including phenoxy) is 2. The van der Waals surface area contributed by atoms with E-state index in [1.54, 1.807) is 0 Å². The molecule has 0 radical (unpaired) electrons. The minimum atomic E-state index is 0.313. The van der Waals surface area contributed by atoms with Gasteiger partial charge in [-0.3, -0.25) is 0 Å². The van der Waals surface area contributed by atoms with E-state index in [1.165, 1.54) is 44.8 Å². The maximum atomic E-state index is 5.83. The SMILES string of the molecule is C[C@H]1CCc2c(sc3nc(C[NH+]4CCOCC4)nc(NC[C@H]4CCCO4)c23)C1. The van der Waals surface area contributed by atoms with Gasteiger partial charge < -0.3 is 19.7 Å². The largest absolute Gasteiger partial charge is 0.376 e. The Labute approximate surface area is 170 Å². The minimum absolute atomic E-state index is 0.313. The van der Waals surface area contributed by atoms with E-state index in [2.05, 4.69) is 12.2 Å². The Hall–Kier alpha value is -1.28. The third kappa shape index (κ3) is 3.90. The molecule has 28 heavy (non-hydrogen) atoms. The lowest BCUT2D eigenvalue weighted by molar-refractivity contribution is -0.922. The fourth-order valence-corrected chi connectivity index (χ4v) is 6.07. The molecule has 6 nitrogen and oxygen atoms in total. The van der Waals surface area contributed by atoms with E-state index in [-0.39, 0.29) is 0 Å². The summed E-state index contributed by atoms with van der Waals surface area (Å²) in [6.45, 7) is 8.74. The molecule has 5 rings (SSSR count). The van der Waals surface area contributed by atoms with E-state index >= 15 is 0 Å². The van der Waals surface area contributed by atoms with Crippen LogP contribution in [0.15, 0.2) is 0 Å². The number of rotatable bonds is 5. The van der Waals surface area contributed by atoms with Crippen molar-refractivity contribution in [2.45, 2.75) is 51.7 Å². The highest BCUT2D eigenvalue weighted by atomic mass is 32.1. The molecule has 2 aromatic rings. The Kier molecular flexibility index (Phi) is 5.50. The Balaban J connectivity index is 1.46. The van der Waals surface area contributed by atoms with E-state index in [4.69, 9.17) is 19.4 Å². The zero-order valence-electron chi connectivity index (χ0n) is 16.8. The first kappa shape index (κ1) is 18.7. The van der Waals surface area contributed by atoms with Crippen LogP contribution in [0.1, 0.15) is 42.5 Å². The van der Waals surface area contributed by atoms with Gasteiger partial charge in [-0.1, -0.05) is 6.92 Å². The van der Waals surface area contributed by atoms with Crippen molar-refractivity contribution in [2.75, 3.05) is 44.8 Å². The van der Waals surface area contributed by atoms with Gasteiger partial charge >= 0.3 is 0 Å². The quantitative estimate of drug-likeness (QED) is 0.798. The molecule has 3 aliphatic rings.